The number of amides is 1. The number of benzene rings is 3. The van der Waals surface area contributed by atoms with Gasteiger partial charge >= 0.3 is 0 Å². The van der Waals surface area contributed by atoms with Crippen LogP contribution in [-0.2, 0) is 4.79 Å². The molecule has 1 N–H and O–H groups in total. The minimum Gasteiger partial charge on any atom is -0.484 e. The van der Waals surface area contributed by atoms with E-state index in [1.165, 1.54) is 22.3 Å². The highest BCUT2D eigenvalue weighted by molar-refractivity contribution is 5.86. The Morgan fingerprint density at radius 2 is 1.84 bits per heavy atom. The van der Waals surface area contributed by atoms with E-state index in [4.69, 9.17) is 4.74 Å². The number of rotatable bonds is 7. The maximum absolute atomic E-state index is 12.5. The quantitative estimate of drug-likeness (QED) is 0.380. The molecule has 1 amide bonds. The van der Waals surface area contributed by atoms with Crippen LogP contribution in [0, 0.1) is 13.8 Å². The Balaban J connectivity index is 1.21. The fraction of sp³-hybridized carbons (Fsp3) is 0.300. The van der Waals surface area contributed by atoms with Gasteiger partial charge < -0.3 is 19.9 Å². The smallest absolute Gasteiger partial charge is 0.260 e. The molecule has 0 bridgehead atoms. The molecule has 3 aromatic carbocycles. The summed E-state index contributed by atoms with van der Waals surface area (Å²) in [5, 5.41) is 4.25. The van der Waals surface area contributed by atoms with E-state index >= 15 is 0 Å². The van der Waals surface area contributed by atoms with E-state index in [9.17, 15) is 4.79 Å². The van der Waals surface area contributed by atoms with Crippen molar-refractivity contribution in [3.63, 3.8) is 0 Å². The summed E-state index contributed by atoms with van der Waals surface area (Å²) in [6.07, 6.45) is 2.85. The summed E-state index contributed by atoms with van der Waals surface area (Å²) >= 11 is 0. The molecule has 0 aliphatic carbocycles. The van der Waals surface area contributed by atoms with Crippen molar-refractivity contribution in [2.45, 2.75) is 26.3 Å². The number of likely N-dealkylation sites (N-methyl/N-ethyl adjacent to an activating group) is 1. The number of anilines is 2. The summed E-state index contributed by atoms with van der Waals surface area (Å²) in [4.78, 5) is 25.7. The molecular formula is C30H33N5O2. The lowest BCUT2D eigenvalue weighted by atomic mass is 9.95. The molecule has 37 heavy (non-hydrogen) atoms. The first kappa shape index (κ1) is 24.7. The van der Waals surface area contributed by atoms with Crippen molar-refractivity contribution in [1.29, 1.82) is 0 Å². The molecule has 0 radical (unpaired) electrons. The average molecular weight is 496 g/mol. The van der Waals surface area contributed by atoms with Crippen LogP contribution in [0.15, 0.2) is 66.9 Å². The fourth-order valence-corrected chi connectivity index (χ4v) is 4.91. The van der Waals surface area contributed by atoms with Crippen LogP contribution in [0.2, 0.25) is 0 Å². The molecule has 1 aromatic heterocycles. The van der Waals surface area contributed by atoms with Gasteiger partial charge in [-0.15, -0.1) is 0 Å². The number of hydrogen-bond acceptors (Lipinski definition) is 6. The molecule has 1 atom stereocenters. The van der Waals surface area contributed by atoms with Crippen LogP contribution in [0.1, 0.15) is 17.5 Å². The molecule has 0 saturated carbocycles. The van der Waals surface area contributed by atoms with Crippen LogP contribution >= 0.6 is 0 Å². The van der Waals surface area contributed by atoms with Crippen LogP contribution in [0.25, 0.3) is 22.0 Å². The Kier molecular flexibility index (Phi) is 7.06. The molecular weight excluding hydrogens is 462 g/mol. The number of likely N-dealkylation sites (tertiary alicyclic amines) is 1. The summed E-state index contributed by atoms with van der Waals surface area (Å²) in [7, 11) is 4.11. The number of aromatic nitrogens is 2. The molecule has 2 heterocycles. The zero-order valence-corrected chi connectivity index (χ0v) is 21.9. The normalized spacial score (nSPS) is 15.4. The minimum absolute atomic E-state index is 0.0249. The Hall–Kier alpha value is -3.97. The van der Waals surface area contributed by atoms with Gasteiger partial charge in [-0.1, -0.05) is 24.3 Å². The first-order valence-electron chi connectivity index (χ1n) is 12.6. The van der Waals surface area contributed by atoms with Gasteiger partial charge in [0.2, 0.25) is 5.95 Å². The largest absolute Gasteiger partial charge is 0.484 e. The SMILES string of the molecule is Cc1cccc(C)c1-c1ccc2nc(Nc3ccc(OCC(=O)N4CC[C@@H](N(C)C)C4)cc3)ncc2c1. The van der Waals surface area contributed by atoms with E-state index in [2.05, 4.69) is 78.5 Å². The molecule has 4 aromatic rings. The Morgan fingerprint density at radius 3 is 2.54 bits per heavy atom. The minimum atomic E-state index is 0.0249. The van der Waals surface area contributed by atoms with E-state index in [1.807, 2.05) is 41.4 Å². The molecule has 0 spiro atoms. The third kappa shape index (κ3) is 5.57. The predicted octanol–water partition coefficient (Wildman–Crippen LogP) is 5.20. The van der Waals surface area contributed by atoms with Crippen molar-refractivity contribution in [1.82, 2.24) is 19.8 Å². The molecule has 1 aliphatic heterocycles. The molecule has 5 rings (SSSR count). The standard InChI is InChI=1S/C30H33N5O2/c1-20-6-5-7-21(2)29(20)22-8-13-27-23(16-22)17-31-30(33-27)32-24-9-11-26(12-10-24)37-19-28(36)35-15-14-25(18-35)34(3)4/h5-13,16-17,25H,14-15,18-19H2,1-4H3,(H,31,32,33)/t25-/m1/s1. The topological polar surface area (TPSA) is 70.6 Å². The third-order valence-corrected chi connectivity index (χ3v) is 7.07. The van der Waals surface area contributed by atoms with Crippen molar-refractivity contribution < 1.29 is 9.53 Å². The summed E-state index contributed by atoms with van der Waals surface area (Å²) < 4.78 is 5.74. The lowest BCUT2D eigenvalue weighted by Crippen LogP contribution is -2.36. The number of fused-ring (bicyclic) bond motifs is 1. The monoisotopic (exact) mass is 495 g/mol. The molecule has 1 fully saturated rings. The summed E-state index contributed by atoms with van der Waals surface area (Å²) in [6.45, 7) is 5.87. The van der Waals surface area contributed by atoms with Crippen LogP contribution in [-0.4, -0.2) is 65.5 Å². The van der Waals surface area contributed by atoms with E-state index < -0.39 is 0 Å². The number of carbonyl (C=O) groups is 1. The van der Waals surface area contributed by atoms with Gasteiger partial charge in [-0.3, -0.25) is 4.79 Å². The van der Waals surface area contributed by atoms with Crippen LogP contribution in [0.3, 0.4) is 0 Å². The van der Waals surface area contributed by atoms with Crippen molar-refractivity contribution in [2.75, 3.05) is 39.1 Å². The second-order valence-corrected chi connectivity index (χ2v) is 9.92. The summed E-state index contributed by atoms with van der Waals surface area (Å²) in [5.74, 6) is 1.21. The van der Waals surface area contributed by atoms with Crippen LogP contribution in [0.4, 0.5) is 11.6 Å². The number of ether oxygens (including phenoxy) is 1. The molecule has 1 aliphatic rings. The zero-order chi connectivity index (χ0) is 25.9. The van der Waals surface area contributed by atoms with Gasteiger partial charge in [-0.05, 0) is 93.0 Å². The summed E-state index contributed by atoms with van der Waals surface area (Å²) in [6, 6.07) is 20.6. The molecule has 7 nitrogen and oxygen atoms in total. The lowest BCUT2D eigenvalue weighted by molar-refractivity contribution is -0.132. The number of aryl methyl sites for hydroxylation is 2. The van der Waals surface area contributed by atoms with Crippen LogP contribution in [0.5, 0.6) is 5.75 Å². The van der Waals surface area contributed by atoms with Crippen molar-refractivity contribution in [2.24, 2.45) is 0 Å². The lowest BCUT2D eigenvalue weighted by Gasteiger charge is -2.20. The van der Waals surface area contributed by atoms with Gasteiger partial charge in [0.05, 0.1) is 5.52 Å². The highest BCUT2D eigenvalue weighted by Crippen LogP contribution is 2.30. The van der Waals surface area contributed by atoms with Crippen molar-refractivity contribution in [3.05, 3.63) is 78.0 Å². The predicted molar refractivity (Wildman–Crippen MR) is 148 cm³/mol. The zero-order valence-electron chi connectivity index (χ0n) is 21.9. The highest BCUT2D eigenvalue weighted by Gasteiger charge is 2.27. The third-order valence-electron chi connectivity index (χ3n) is 7.07. The van der Waals surface area contributed by atoms with Gasteiger partial charge in [0.1, 0.15) is 5.75 Å². The number of carbonyl (C=O) groups excluding carboxylic acids is 1. The maximum atomic E-state index is 12.5. The van der Waals surface area contributed by atoms with Crippen molar-refractivity contribution >= 4 is 28.4 Å². The van der Waals surface area contributed by atoms with Crippen LogP contribution < -0.4 is 10.1 Å². The number of nitrogens with zero attached hydrogens (tertiary/aromatic N) is 4. The maximum Gasteiger partial charge on any atom is 0.260 e. The highest BCUT2D eigenvalue weighted by atomic mass is 16.5. The van der Waals surface area contributed by atoms with E-state index in [0.29, 0.717) is 17.7 Å². The first-order valence-corrected chi connectivity index (χ1v) is 12.6. The van der Waals surface area contributed by atoms with E-state index in [1.54, 1.807) is 0 Å². The molecule has 190 valence electrons. The Labute approximate surface area is 218 Å². The van der Waals surface area contributed by atoms with Crippen molar-refractivity contribution in [3.8, 4) is 16.9 Å². The van der Waals surface area contributed by atoms with Gasteiger partial charge in [0, 0.05) is 36.4 Å². The average Bonchev–Trinajstić information content (AvgIpc) is 3.39. The summed E-state index contributed by atoms with van der Waals surface area (Å²) in [5.41, 5.74) is 6.66. The second kappa shape index (κ2) is 10.6. The van der Waals surface area contributed by atoms with E-state index in [0.717, 1.165) is 36.1 Å². The van der Waals surface area contributed by atoms with Gasteiger partial charge in [0.25, 0.3) is 5.91 Å². The Bertz CT molecular complexity index is 1400. The number of hydrogen-bond donors (Lipinski definition) is 1. The van der Waals surface area contributed by atoms with E-state index in [-0.39, 0.29) is 12.5 Å². The molecule has 1 saturated heterocycles. The Morgan fingerprint density at radius 1 is 1.08 bits per heavy atom. The number of nitrogens with one attached hydrogen (secondary N) is 1. The first-order chi connectivity index (χ1) is 17.9. The van der Waals surface area contributed by atoms with Gasteiger partial charge in [-0.25, -0.2) is 9.97 Å². The van der Waals surface area contributed by atoms with Gasteiger partial charge in [0.15, 0.2) is 6.61 Å². The van der Waals surface area contributed by atoms with Gasteiger partial charge in [-0.2, -0.15) is 0 Å². The molecule has 0 unspecified atom stereocenters. The second-order valence-electron chi connectivity index (χ2n) is 9.92. The molecule has 7 heteroatoms. The fourth-order valence-electron chi connectivity index (χ4n) is 4.91.